The highest BCUT2D eigenvalue weighted by Crippen LogP contribution is 2.78. The lowest BCUT2D eigenvalue weighted by atomic mass is 9.32. The van der Waals surface area contributed by atoms with E-state index < -0.39 is 33.8 Å². The van der Waals surface area contributed by atoms with Gasteiger partial charge in [0.15, 0.2) is 5.78 Å². The average Bonchev–Trinajstić information content (AvgIpc) is 3.75. The molecule has 1 unspecified atom stereocenters. The summed E-state index contributed by atoms with van der Waals surface area (Å²) in [5.74, 6) is -0.644. The number of allylic oxidation sites excluding steroid dienone is 4. The number of amides is 2. The molecule has 6 aliphatic carbocycles. The van der Waals surface area contributed by atoms with Crippen LogP contribution in [0.2, 0.25) is 5.02 Å². The van der Waals surface area contributed by atoms with Gasteiger partial charge < -0.3 is 25.2 Å². The number of nitrogens with one attached hydrogen (secondary N) is 1. The van der Waals surface area contributed by atoms with E-state index >= 15 is 4.39 Å². The summed E-state index contributed by atoms with van der Waals surface area (Å²) < 4.78 is 21.2. The van der Waals surface area contributed by atoms with Crippen molar-refractivity contribution in [2.24, 2.45) is 33.5 Å². The lowest BCUT2D eigenvalue weighted by Crippen LogP contribution is -2.67. The van der Waals surface area contributed by atoms with Gasteiger partial charge in [-0.2, -0.15) is 0 Å². The first-order valence-corrected chi connectivity index (χ1v) is 20.2. The van der Waals surface area contributed by atoms with Gasteiger partial charge in [-0.05, 0) is 99.7 Å². The molecular weight excluding hydrogens is 691 g/mol. The summed E-state index contributed by atoms with van der Waals surface area (Å²) in [7, 11) is 0. The minimum atomic E-state index is -1.23. The summed E-state index contributed by atoms with van der Waals surface area (Å²) in [5.41, 5.74) is -1.35. The second kappa shape index (κ2) is 13.3. The third kappa shape index (κ3) is 5.67. The van der Waals surface area contributed by atoms with Crippen LogP contribution in [0.3, 0.4) is 0 Å². The molecule has 9 heteroatoms. The molecule has 3 N–H and O–H groups in total. The fourth-order valence-corrected chi connectivity index (χ4v) is 12.5. The number of halogens is 2. The Morgan fingerprint density at radius 1 is 1.00 bits per heavy atom. The second-order valence-electron chi connectivity index (χ2n) is 17.7. The van der Waals surface area contributed by atoms with Gasteiger partial charge >= 0.3 is 6.03 Å². The monoisotopic (exact) mass is 744 g/mol. The van der Waals surface area contributed by atoms with Gasteiger partial charge in [-0.1, -0.05) is 80.1 Å². The Labute approximate surface area is 318 Å². The molecule has 2 spiro atoms. The van der Waals surface area contributed by atoms with Crippen LogP contribution in [0.25, 0.3) is 0 Å². The summed E-state index contributed by atoms with van der Waals surface area (Å²) in [6.45, 7) is 7.71. The number of Topliss-reactive ketones (excluding diaryl/α,β-unsaturated/α-hetero) is 1. The van der Waals surface area contributed by atoms with Gasteiger partial charge in [0.05, 0.1) is 30.4 Å². The second-order valence-corrected chi connectivity index (χ2v) is 18.1. The molecule has 1 saturated heterocycles. The van der Waals surface area contributed by atoms with E-state index in [-0.39, 0.29) is 64.8 Å². The number of aliphatic hydroxyl groups is 2. The number of urea groups is 1. The van der Waals surface area contributed by atoms with Crippen molar-refractivity contribution in [2.75, 3.05) is 19.7 Å². The molecule has 2 bridgehead atoms. The van der Waals surface area contributed by atoms with Gasteiger partial charge in [-0.3, -0.25) is 4.79 Å². The summed E-state index contributed by atoms with van der Waals surface area (Å²) >= 11 is 6.49. The fourth-order valence-electron chi connectivity index (χ4n) is 12.3. The number of carbonyl (C=O) groups excluding carboxylic acids is 2. The van der Waals surface area contributed by atoms with Gasteiger partial charge in [0.25, 0.3) is 0 Å². The van der Waals surface area contributed by atoms with E-state index in [9.17, 15) is 19.8 Å². The molecule has 2 amide bonds. The van der Waals surface area contributed by atoms with Crippen molar-refractivity contribution in [3.63, 3.8) is 0 Å². The topological polar surface area (TPSA) is 99.1 Å². The predicted octanol–water partition coefficient (Wildman–Crippen LogP) is 8.13. The van der Waals surface area contributed by atoms with Crippen molar-refractivity contribution < 1.29 is 28.9 Å². The van der Waals surface area contributed by atoms with Crippen LogP contribution in [0.5, 0.6) is 0 Å². The molecule has 7 aliphatic rings. The maximum atomic E-state index is 15.2. The normalized spacial score (nSPS) is 38.7. The standard InChI is InChI=1S/C44H54ClFN2O5/c1-28(29-9-5-4-6-10-29)47-39(51)48(26-31-11-8-22-53-31)27-43(52)19-16-38-41(43,3)18-15-37-40(2)17-14-30(49)24-42(40)20-21-44(37,38)33(25-42)36(50)23-32-34(45)12-7-13-35(32)46/h4-7,9-10,12-13,20-21,25,28,30-31,37-38,49,52H,8,11,14-19,22-24,26-27H2,1-3H3,(H,47,51)/t28-,30?,31-,37-,38-,40-,41+,42+,43-,44-/m1/s1. The molecule has 284 valence electrons. The zero-order valence-corrected chi connectivity index (χ0v) is 32.0. The van der Waals surface area contributed by atoms with Gasteiger partial charge in [0.1, 0.15) is 5.82 Å². The van der Waals surface area contributed by atoms with E-state index in [1.807, 2.05) is 37.3 Å². The number of benzene rings is 2. The first kappa shape index (κ1) is 36.9. The number of rotatable bonds is 9. The van der Waals surface area contributed by atoms with Crippen molar-refractivity contribution in [3.8, 4) is 0 Å². The van der Waals surface area contributed by atoms with Gasteiger partial charge in [-0.15, -0.1) is 0 Å². The van der Waals surface area contributed by atoms with Crippen LogP contribution in [0, 0.1) is 39.3 Å². The molecular formula is C44H54ClFN2O5. The molecule has 53 heavy (non-hydrogen) atoms. The van der Waals surface area contributed by atoms with Gasteiger partial charge in [0, 0.05) is 52.0 Å². The van der Waals surface area contributed by atoms with Gasteiger partial charge in [0.2, 0.25) is 0 Å². The first-order chi connectivity index (χ1) is 25.3. The van der Waals surface area contributed by atoms with E-state index in [2.05, 4.69) is 37.4 Å². The Balaban J connectivity index is 1.16. The van der Waals surface area contributed by atoms with Gasteiger partial charge in [-0.25, -0.2) is 9.18 Å². The number of ketones is 1. The van der Waals surface area contributed by atoms with Crippen LogP contribution in [0.1, 0.15) is 95.7 Å². The molecule has 1 heterocycles. The maximum Gasteiger partial charge on any atom is 0.318 e. The van der Waals surface area contributed by atoms with E-state index in [1.165, 1.54) is 6.07 Å². The lowest BCUT2D eigenvalue weighted by molar-refractivity contribution is -0.178. The Morgan fingerprint density at radius 3 is 2.47 bits per heavy atom. The zero-order valence-electron chi connectivity index (χ0n) is 31.3. The first-order valence-electron chi connectivity index (χ1n) is 19.8. The number of nitrogens with zero attached hydrogens (tertiary/aromatic N) is 1. The number of fused-ring (bicyclic) bond motifs is 1. The van der Waals surface area contributed by atoms with Crippen molar-refractivity contribution >= 4 is 23.4 Å². The van der Waals surface area contributed by atoms with Crippen molar-refractivity contribution in [2.45, 2.75) is 109 Å². The van der Waals surface area contributed by atoms with Crippen LogP contribution >= 0.6 is 11.6 Å². The highest BCUT2D eigenvalue weighted by molar-refractivity contribution is 6.31. The van der Waals surface area contributed by atoms with Crippen LogP contribution in [-0.4, -0.2) is 64.4 Å². The van der Waals surface area contributed by atoms with Crippen LogP contribution < -0.4 is 5.32 Å². The highest BCUT2D eigenvalue weighted by atomic mass is 35.5. The number of aliphatic hydroxyl groups excluding tert-OH is 1. The van der Waals surface area contributed by atoms with Crippen molar-refractivity contribution in [1.29, 1.82) is 0 Å². The fraction of sp³-hybridized carbons (Fsp3) is 0.591. The van der Waals surface area contributed by atoms with E-state index in [0.717, 1.165) is 37.7 Å². The Morgan fingerprint density at radius 2 is 1.74 bits per heavy atom. The SMILES string of the molecule is C[C@@H](NC(=O)N(C[C@H]1CCCO1)C[C@]1(O)CC[C@H]2[C@]34C=C[C@@]5(C=C3C(=O)Cc3c(F)cccc3Cl)CC(O)CC[C@]5(C)[C@H]4CC[C@@]21C)c1ccccc1. The minimum absolute atomic E-state index is 0.0950. The lowest BCUT2D eigenvalue weighted by Gasteiger charge is -2.71. The Hall–Kier alpha value is -3.04. The average molecular weight is 745 g/mol. The van der Waals surface area contributed by atoms with Crippen LogP contribution in [0.4, 0.5) is 9.18 Å². The third-order valence-electron chi connectivity index (χ3n) is 15.2. The van der Waals surface area contributed by atoms with Crippen LogP contribution in [0.15, 0.2) is 72.3 Å². The van der Waals surface area contributed by atoms with E-state index in [1.54, 1.807) is 17.0 Å². The molecule has 4 fully saturated rings. The molecule has 0 radical (unpaired) electrons. The molecule has 1 aliphatic heterocycles. The Kier molecular flexibility index (Phi) is 9.27. The third-order valence-corrected chi connectivity index (χ3v) is 15.6. The zero-order chi connectivity index (χ0) is 37.4. The molecule has 10 atom stereocenters. The molecule has 2 aromatic carbocycles. The summed E-state index contributed by atoms with van der Waals surface area (Å²) in [4.78, 5) is 30.7. The quantitative estimate of drug-likeness (QED) is 0.225. The smallest absolute Gasteiger partial charge is 0.318 e. The molecule has 2 aromatic rings. The largest absolute Gasteiger partial charge is 0.393 e. The summed E-state index contributed by atoms with van der Waals surface area (Å²) in [5, 5.41) is 27.5. The van der Waals surface area contributed by atoms with Crippen molar-refractivity contribution in [3.05, 3.63) is 94.3 Å². The number of carbonyl (C=O) groups is 2. The predicted molar refractivity (Wildman–Crippen MR) is 203 cm³/mol. The summed E-state index contributed by atoms with van der Waals surface area (Å²) in [6.07, 6.45) is 12.6. The number of hydrogen-bond acceptors (Lipinski definition) is 5. The molecule has 3 saturated carbocycles. The Bertz CT molecular complexity index is 1810. The maximum absolute atomic E-state index is 15.2. The molecule has 9 rings (SSSR count). The number of hydrogen-bond donors (Lipinski definition) is 3. The van der Waals surface area contributed by atoms with E-state index in [0.29, 0.717) is 44.4 Å². The molecule has 0 aromatic heterocycles. The van der Waals surface area contributed by atoms with Crippen LogP contribution in [-0.2, 0) is 16.0 Å². The minimum Gasteiger partial charge on any atom is -0.393 e. The summed E-state index contributed by atoms with van der Waals surface area (Å²) in [6, 6.07) is 13.9. The van der Waals surface area contributed by atoms with E-state index in [4.69, 9.17) is 16.3 Å². The highest BCUT2D eigenvalue weighted by Gasteiger charge is 2.74. The molecule has 7 nitrogen and oxygen atoms in total. The van der Waals surface area contributed by atoms with Crippen molar-refractivity contribution in [1.82, 2.24) is 10.2 Å². The number of ether oxygens (including phenoxy) is 1.